The summed E-state index contributed by atoms with van der Waals surface area (Å²) in [4.78, 5) is 0. The van der Waals surface area contributed by atoms with Crippen molar-refractivity contribution >= 4 is 37.7 Å². The Hall–Kier alpha value is 1.02. The summed E-state index contributed by atoms with van der Waals surface area (Å²) < 4.78 is 0. The average molecular weight is 142 g/mol. The summed E-state index contributed by atoms with van der Waals surface area (Å²) in [7, 11) is 0. The van der Waals surface area contributed by atoms with Crippen LogP contribution in [0.15, 0.2) is 0 Å². The maximum absolute atomic E-state index is 0. The van der Waals surface area contributed by atoms with E-state index >= 15 is 0 Å². The van der Waals surface area contributed by atoms with Crippen molar-refractivity contribution in [3.05, 3.63) is 0 Å². The molecule has 0 aromatic heterocycles. The predicted octanol–water partition coefficient (Wildman–Crippen LogP) is -1.44. The van der Waals surface area contributed by atoms with Crippen LogP contribution < -0.4 is 0 Å². The molecule has 6 nitrogen and oxygen atoms in total. The van der Waals surface area contributed by atoms with Crippen molar-refractivity contribution in [2.45, 2.75) is 0 Å². The molecule has 0 amide bonds. The van der Waals surface area contributed by atoms with Crippen molar-refractivity contribution in [3.63, 3.8) is 0 Å². The summed E-state index contributed by atoms with van der Waals surface area (Å²) in [5, 5.41) is 0. The van der Waals surface area contributed by atoms with E-state index in [1.807, 2.05) is 0 Å². The van der Waals surface area contributed by atoms with Gasteiger partial charge in [0.1, 0.15) is 0 Å². The molecule has 7 heteroatoms. The third kappa shape index (κ3) is 170. The minimum atomic E-state index is 0. The number of hydrogen-bond donors (Lipinski definition) is 0. The standard InChI is InChI=1S/Ca.6H2O/h;6*1H2/q+2;;;;;;/p-6. The Morgan fingerprint density at radius 1 is 0.286 bits per heavy atom. The summed E-state index contributed by atoms with van der Waals surface area (Å²) >= 11 is 0. The van der Waals surface area contributed by atoms with E-state index in [1.54, 1.807) is 0 Å². The minimum absolute atomic E-state index is 0. The Morgan fingerprint density at radius 3 is 0.286 bits per heavy atom. The Kier molecular flexibility index (Phi) is 13300. The number of rotatable bonds is 0. The van der Waals surface area contributed by atoms with Gasteiger partial charge >= 0.3 is 37.7 Å². The summed E-state index contributed by atoms with van der Waals surface area (Å²) in [5.74, 6) is 0. The zero-order chi connectivity index (χ0) is 0. The molecule has 7 heavy (non-hydrogen) atoms. The molecule has 0 aromatic carbocycles. The Morgan fingerprint density at radius 2 is 0.286 bits per heavy atom. The van der Waals surface area contributed by atoms with Crippen LogP contribution in [-0.2, 0) is 0 Å². The molecular formula is H6CaO6-4. The average Bonchev–Trinajstić information content (AvgIpc) is 0. The third-order valence-corrected chi connectivity index (χ3v) is 0. The largest absolute Gasteiger partial charge is 2.00 e. The molecule has 0 rings (SSSR count). The summed E-state index contributed by atoms with van der Waals surface area (Å²) in [6.45, 7) is 0. The van der Waals surface area contributed by atoms with Crippen LogP contribution in [0.3, 0.4) is 0 Å². The van der Waals surface area contributed by atoms with Gasteiger partial charge in [-0.2, -0.15) is 0 Å². The zero-order valence-electron chi connectivity index (χ0n) is 3.39. The molecule has 0 aliphatic carbocycles. The second-order valence-electron chi connectivity index (χ2n) is 0. The molecule has 0 bridgehead atoms. The molecule has 0 atom stereocenters. The van der Waals surface area contributed by atoms with Crippen molar-refractivity contribution in [2.75, 3.05) is 0 Å². The van der Waals surface area contributed by atoms with Gasteiger partial charge < -0.3 is 32.9 Å². The van der Waals surface area contributed by atoms with Crippen molar-refractivity contribution in [3.8, 4) is 0 Å². The van der Waals surface area contributed by atoms with Crippen LogP contribution in [0.2, 0.25) is 0 Å². The van der Waals surface area contributed by atoms with Gasteiger partial charge in [-0.25, -0.2) is 0 Å². The first-order chi connectivity index (χ1) is 0. The fourth-order valence-corrected chi connectivity index (χ4v) is 0. The van der Waals surface area contributed by atoms with E-state index in [1.165, 1.54) is 0 Å². The van der Waals surface area contributed by atoms with Crippen LogP contribution in [0.1, 0.15) is 0 Å². The SMILES string of the molecule is [Ca+2].[OH-].[OH-].[OH-].[OH-].[OH-].[OH-]. The molecule has 0 fully saturated rings. The second-order valence-corrected chi connectivity index (χ2v) is 0. The predicted molar refractivity (Wildman–Crippen MR) is 17.4 cm³/mol. The molecule has 0 saturated heterocycles. The quantitative estimate of drug-likeness (QED) is 0.373. The molecule has 6 N–H and O–H groups in total. The van der Waals surface area contributed by atoms with Crippen molar-refractivity contribution < 1.29 is 32.9 Å². The van der Waals surface area contributed by atoms with Crippen LogP contribution in [-0.4, -0.2) is 70.6 Å². The van der Waals surface area contributed by atoms with E-state index < -0.39 is 0 Å². The van der Waals surface area contributed by atoms with Gasteiger partial charge in [0.05, 0.1) is 0 Å². The van der Waals surface area contributed by atoms with Crippen molar-refractivity contribution in [1.82, 2.24) is 0 Å². The maximum atomic E-state index is 0. The first kappa shape index (κ1) is 380. The molecule has 48 valence electrons. The fraction of sp³-hybridized carbons (Fsp3) is 0. The van der Waals surface area contributed by atoms with Crippen LogP contribution in [0.5, 0.6) is 0 Å². The first-order valence-electron chi connectivity index (χ1n) is 0. The van der Waals surface area contributed by atoms with Crippen molar-refractivity contribution in [1.29, 1.82) is 0 Å². The van der Waals surface area contributed by atoms with Crippen LogP contribution >= 0.6 is 0 Å². The summed E-state index contributed by atoms with van der Waals surface area (Å²) in [5.41, 5.74) is 0. The molecule has 0 aromatic rings. The summed E-state index contributed by atoms with van der Waals surface area (Å²) in [6.07, 6.45) is 0. The van der Waals surface area contributed by atoms with Crippen molar-refractivity contribution in [2.24, 2.45) is 0 Å². The van der Waals surface area contributed by atoms with Gasteiger partial charge in [0.25, 0.3) is 0 Å². The topological polar surface area (TPSA) is 180 Å². The number of hydrogen-bond acceptors (Lipinski definition) is 6. The molecular weight excluding hydrogens is 136 g/mol. The van der Waals surface area contributed by atoms with E-state index in [0.717, 1.165) is 0 Å². The van der Waals surface area contributed by atoms with Gasteiger partial charge in [-0.05, 0) is 0 Å². The van der Waals surface area contributed by atoms with Crippen LogP contribution in [0.4, 0.5) is 0 Å². The molecule has 0 spiro atoms. The third-order valence-electron chi connectivity index (χ3n) is 0. The normalized spacial score (nSPS) is 0. The van der Waals surface area contributed by atoms with Gasteiger partial charge in [0.2, 0.25) is 0 Å². The van der Waals surface area contributed by atoms with E-state index in [9.17, 15) is 0 Å². The zero-order valence-corrected chi connectivity index (χ0v) is 5.60. The van der Waals surface area contributed by atoms with Gasteiger partial charge in [-0.15, -0.1) is 0 Å². The Balaban J connectivity index is 0. The molecule has 0 unspecified atom stereocenters. The van der Waals surface area contributed by atoms with E-state index in [-0.39, 0.29) is 70.6 Å². The molecule has 0 saturated carbocycles. The van der Waals surface area contributed by atoms with Gasteiger partial charge in [0, 0.05) is 0 Å². The fourth-order valence-electron chi connectivity index (χ4n) is 0. The minimum Gasteiger partial charge on any atom is -0.870 e. The maximum Gasteiger partial charge on any atom is 2.00 e. The van der Waals surface area contributed by atoms with E-state index in [4.69, 9.17) is 0 Å². The van der Waals surface area contributed by atoms with Gasteiger partial charge in [0.15, 0.2) is 0 Å². The van der Waals surface area contributed by atoms with Gasteiger partial charge in [-0.1, -0.05) is 0 Å². The van der Waals surface area contributed by atoms with Crippen LogP contribution in [0, 0.1) is 0 Å². The second kappa shape index (κ2) is 245. The molecule has 0 aliphatic rings. The Bertz CT molecular complexity index is 4.14. The smallest absolute Gasteiger partial charge is 0.870 e. The first-order valence-corrected chi connectivity index (χ1v) is 0. The molecule has 0 heterocycles. The van der Waals surface area contributed by atoms with Gasteiger partial charge in [-0.3, -0.25) is 0 Å². The molecule has 0 aliphatic heterocycles. The molecule has 0 radical (unpaired) electrons. The monoisotopic (exact) mass is 142 g/mol. The van der Waals surface area contributed by atoms with Crippen LogP contribution in [0.25, 0.3) is 0 Å². The van der Waals surface area contributed by atoms with E-state index in [2.05, 4.69) is 0 Å². The Labute approximate surface area is 70.4 Å². The summed E-state index contributed by atoms with van der Waals surface area (Å²) in [6, 6.07) is 0. The van der Waals surface area contributed by atoms with E-state index in [0.29, 0.717) is 0 Å².